The van der Waals surface area contributed by atoms with E-state index in [0.717, 1.165) is 0 Å². The van der Waals surface area contributed by atoms with E-state index in [1.54, 1.807) is 18.3 Å². The molecule has 0 aromatic carbocycles. The Morgan fingerprint density at radius 3 is 2.92 bits per heavy atom. The third-order valence-electron chi connectivity index (χ3n) is 2.03. The minimum absolute atomic E-state index is 0.0295. The molecule has 70 valence electrons. The summed E-state index contributed by atoms with van der Waals surface area (Å²) in [5.74, 6) is -0.317. The van der Waals surface area contributed by atoms with Crippen LogP contribution in [0, 0.1) is 5.92 Å². The number of Topliss-reactive ketones (excluding diaryl/α,β-unsaturated/α-hetero) is 1. The predicted molar refractivity (Wildman–Crippen MR) is 49.4 cm³/mol. The van der Waals surface area contributed by atoms with Crippen LogP contribution >= 0.6 is 0 Å². The van der Waals surface area contributed by atoms with Crippen molar-refractivity contribution in [2.45, 2.75) is 13.3 Å². The van der Waals surface area contributed by atoms with Crippen molar-refractivity contribution in [1.29, 1.82) is 0 Å². The van der Waals surface area contributed by atoms with Gasteiger partial charge in [0.05, 0.1) is 6.61 Å². The molecule has 3 heteroatoms. The summed E-state index contributed by atoms with van der Waals surface area (Å²) in [5, 5.41) is 8.92. The minimum atomic E-state index is -0.288. The lowest BCUT2D eigenvalue weighted by Gasteiger charge is -2.09. The second-order valence-corrected chi connectivity index (χ2v) is 2.89. The molecule has 1 atom stereocenters. The molecule has 1 rings (SSSR count). The summed E-state index contributed by atoms with van der Waals surface area (Å²) in [5.41, 5.74) is 0.573. The van der Waals surface area contributed by atoms with E-state index in [-0.39, 0.29) is 18.3 Å². The standard InChI is InChI=1S/C10H13NO2/c1-2-8(7-12)10(13)9-4-3-5-11-6-9/h3-6,8,12H,2,7H2,1H3. The molecule has 0 aliphatic heterocycles. The molecule has 1 unspecified atom stereocenters. The Morgan fingerprint density at radius 2 is 2.46 bits per heavy atom. The highest BCUT2D eigenvalue weighted by atomic mass is 16.3. The van der Waals surface area contributed by atoms with Crippen LogP contribution in [0.3, 0.4) is 0 Å². The number of carbonyl (C=O) groups is 1. The van der Waals surface area contributed by atoms with Gasteiger partial charge in [-0.05, 0) is 18.6 Å². The van der Waals surface area contributed by atoms with E-state index in [1.807, 2.05) is 6.92 Å². The number of aliphatic hydroxyl groups is 1. The van der Waals surface area contributed by atoms with Crippen LogP contribution in [0.25, 0.3) is 0 Å². The fourth-order valence-corrected chi connectivity index (χ4v) is 1.14. The first-order valence-electron chi connectivity index (χ1n) is 4.34. The smallest absolute Gasteiger partial charge is 0.169 e. The van der Waals surface area contributed by atoms with E-state index < -0.39 is 0 Å². The Bertz CT molecular complexity index is 268. The van der Waals surface area contributed by atoms with Crippen molar-refractivity contribution in [2.24, 2.45) is 5.92 Å². The van der Waals surface area contributed by atoms with Crippen molar-refractivity contribution >= 4 is 5.78 Å². The van der Waals surface area contributed by atoms with Crippen LogP contribution in [0.5, 0.6) is 0 Å². The topological polar surface area (TPSA) is 50.2 Å². The molecule has 0 bridgehead atoms. The van der Waals surface area contributed by atoms with Crippen LogP contribution in [0.1, 0.15) is 23.7 Å². The fourth-order valence-electron chi connectivity index (χ4n) is 1.14. The van der Waals surface area contributed by atoms with Crippen LogP contribution in [-0.2, 0) is 0 Å². The Labute approximate surface area is 77.4 Å². The Morgan fingerprint density at radius 1 is 1.69 bits per heavy atom. The first kappa shape index (κ1) is 9.86. The summed E-state index contributed by atoms with van der Waals surface area (Å²) < 4.78 is 0. The Hall–Kier alpha value is -1.22. The number of rotatable bonds is 4. The van der Waals surface area contributed by atoms with E-state index in [0.29, 0.717) is 12.0 Å². The van der Waals surface area contributed by atoms with Crippen molar-refractivity contribution in [2.75, 3.05) is 6.61 Å². The predicted octanol–water partition coefficient (Wildman–Crippen LogP) is 1.28. The van der Waals surface area contributed by atoms with Crippen molar-refractivity contribution in [1.82, 2.24) is 4.98 Å². The molecule has 0 fully saturated rings. The number of pyridine rings is 1. The van der Waals surface area contributed by atoms with Gasteiger partial charge in [0.15, 0.2) is 5.78 Å². The Balaban J connectivity index is 2.78. The van der Waals surface area contributed by atoms with Crippen molar-refractivity contribution in [3.8, 4) is 0 Å². The summed E-state index contributed by atoms with van der Waals surface area (Å²) >= 11 is 0. The molecular formula is C10H13NO2. The highest BCUT2D eigenvalue weighted by Crippen LogP contribution is 2.10. The van der Waals surface area contributed by atoms with Crippen LogP contribution in [0.15, 0.2) is 24.5 Å². The van der Waals surface area contributed by atoms with Gasteiger partial charge in [-0.25, -0.2) is 0 Å². The number of carbonyl (C=O) groups excluding carboxylic acids is 1. The van der Waals surface area contributed by atoms with Crippen molar-refractivity contribution < 1.29 is 9.90 Å². The molecule has 0 spiro atoms. The van der Waals surface area contributed by atoms with Crippen LogP contribution in [0.4, 0.5) is 0 Å². The zero-order valence-corrected chi connectivity index (χ0v) is 7.60. The lowest BCUT2D eigenvalue weighted by Crippen LogP contribution is -2.17. The monoisotopic (exact) mass is 179 g/mol. The van der Waals surface area contributed by atoms with Gasteiger partial charge in [0.25, 0.3) is 0 Å². The molecule has 1 aromatic rings. The number of hydrogen-bond acceptors (Lipinski definition) is 3. The van der Waals surface area contributed by atoms with Crippen LogP contribution < -0.4 is 0 Å². The third kappa shape index (κ3) is 2.36. The quantitative estimate of drug-likeness (QED) is 0.708. The normalized spacial score (nSPS) is 12.5. The van der Waals surface area contributed by atoms with Gasteiger partial charge in [-0.3, -0.25) is 9.78 Å². The molecule has 0 aliphatic carbocycles. The number of aromatic nitrogens is 1. The molecule has 0 amide bonds. The van der Waals surface area contributed by atoms with E-state index in [2.05, 4.69) is 4.98 Å². The van der Waals surface area contributed by atoms with Gasteiger partial charge >= 0.3 is 0 Å². The molecular weight excluding hydrogens is 166 g/mol. The fraction of sp³-hybridized carbons (Fsp3) is 0.400. The van der Waals surface area contributed by atoms with Gasteiger partial charge in [-0.15, -0.1) is 0 Å². The maximum absolute atomic E-state index is 11.6. The van der Waals surface area contributed by atoms with Crippen LogP contribution in [-0.4, -0.2) is 22.5 Å². The first-order chi connectivity index (χ1) is 6.29. The van der Waals surface area contributed by atoms with E-state index in [9.17, 15) is 4.79 Å². The van der Waals surface area contributed by atoms with Gasteiger partial charge in [-0.2, -0.15) is 0 Å². The van der Waals surface area contributed by atoms with Gasteiger partial charge in [0, 0.05) is 23.9 Å². The molecule has 13 heavy (non-hydrogen) atoms. The summed E-state index contributed by atoms with van der Waals surface area (Å²) in [4.78, 5) is 15.5. The van der Waals surface area contributed by atoms with Gasteiger partial charge in [0.1, 0.15) is 0 Å². The summed E-state index contributed by atoms with van der Waals surface area (Å²) in [6, 6.07) is 3.44. The second kappa shape index (κ2) is 4.72. The molecule has 0 radical (unpaired) electrons. The SMILES string of the molecule is CCC(CO)C(=O)c1cccnc1. The van der Waals surface area contributed by atoms with E-state index >= 15 is 0 Å². The molecule has 3 nitrogen and oxygen atoms in total. The van der Waals surface area contributed by atoms with Crippen molar-refractivity contribution in [3.63, 3.8) is 0 Å². The molecule has 1 heterocycles. The average molecular weight is 179 g/mol. The first-order valence-corrected chi connectivity index (χ1v) is 4.34. The van der Waals surface area contributed by atoms with Gasteiger partial charge in [-0.1, -0.05) is 6.92 Å². The summed E-state index contributed by atoms with van der Waals surface area (Å²) in [7, 11) is 0. The molecule has 1 aromatic heterocycles. The van der Waals surface area contributed by atoms with Crippen LogP contribution in [0.2, 0.25) is 0 Å². The number of hydrogen-bond donors (Lipinski definition) is 1. The largest absolute Gasteiger partial charge is 0.396 e. The number of nitrogens with zero attached hydrogens (tertiary/aromatic N) is 1. The number of ketones is 1. The second-order valence-electron chi connectivity index (χ2n) is 2.89. The zero-order chi connectivity index (χ0) is 9.68. The minimum Gasteiger partial charge on any atom is -0.396 e. The van der Waals surface area contributed by atoms with E-state index in [4.69, 9.17) is 5.11 Å². The zero-order valence-electron chi connectivity index (χ0n) is 7.60. The third-order valence-corrected chi connectivity index (χ3v) is 2.03. The molecule has 1 N–H and O–H groups in total. The Kier molecular flexibility index (Phi) is 3.58. The highest BCUT2D eigenvalue weighted by molar-refractivity contribution is 5.97. The molecule has 0 saturated carbocycles. The van der Waals surface area contributed by atoms with Crippen molar-refractivity contribution in [3.05, 3.63) is 30.1 Å². The lowest BCUT2D eigenvalue weighted by molar-refractivity contribution is 0.0856. The highest BCUT2D eigenvalue weighted by Gasteiger charge is 2.16. The molecule has 0 saturated heterocycles. The lowest BCUT2D eigenvalue weighted by atomic mass is 9.97. The van der Waals surface area contributed by atoms with E-state index in [1.165, 1.54) is 6.20 Å². The summed E-state index contributed by atoms with van der Waals surface area (Å²) in [6.45, 7) is 1.79. The van der Waals surface area contributed by atoms with Gasteiger partial charge < -0.3 is 5.11 Å². The number of aliphatic hydroxyl groups excluding tert-OH is 1. The van der Waals surface area contributed by atoms with Gasteiger partial charge in [0.2, 0.25) is 0 Å². The maximum atomic E-state index is 11.6. The summed E-state index contributed by atoms with van der Waals surface area (Å²) in [6.07, 6.45) is 3.81. The average Bonchev–Trinajstić information content (AvgIpc) is 2.21. The maximum Gasteiger partial charge on any atom is 0.169 e. The molecule has 0 aliphatic rings.